The molecule has 0 unspecified atom stereocenters. The van der Waals surface area contributed by atoms with Crippen LogP contribution in [0.5, 0.6) is 0 Å². The molecule has 0 bridgehead atoms. The predicted octanol–water partition coefficient (Wildman–Crippen LogP) is 6.79. The first-order valence-electron chi connectivity index (χ1n) is 12.3. The van der Waals surface area contributed by atoms with E-state index in [1.165, 1.54) is 77.0 Å². The van der Waals surface area contributed by atoms with Gasteiger partial charge in [-0.15, -0.1) is 0 Å². The third-order valence-corrected chi connectivity index (χ3v) is 6.27. The Morgan fingerprint density at radius 2 is 1.17 bits per heavy atom. The summed E-state index contributed by atoms with van der Waals surface area (Å²) in [6.07, 6.45) is 18.8. The van der Waals surface area contributed by atoms with E-state index in [0.29, 0.717) is 19.6 Å². The van der Waals surface area contributed by atoms with E-state index >= 15 is 0 Å². The number of rotatable bonds is 16. The van der Waals surface area contributed by atoms with Gasteiger partial charge in [-0.05, 0) is 17.5 Å². The number of unbranched alkanes of at least 4 members (excludes halogenated alkanes) is 13. The molecule has 170 valence electrons. The highest BCUT2D eigenvalue weighted by molar-refractivity contribution is 5.81. The molecule has 0 saturated carbocycles. The van der Waals surface area contributed by atoms with Crippen LogP contribution in [0.15, 0.2) is 24.3 Å². The zero-order chi connectivity index (χ0) is 21.5. The molecule has 2 N–H and O–H groups in total. The van der Waals surface area contributed by atoms with Crippen molar-refractivity contribution in [3.8, 4) is 0 Å². The van der Waals surface area contributed by atoms with Gasteiger partial charge in [-0.1, -0.05) is 115 Å². The summed E-state index contributed by atoms with van der Waals surface area (Å²) in [5.41, 5.74) is 7.81. The summed E-state index contributed by atoms with van der Waals surface area (Å²) in [4.78, 5) is 12.1. The van der Waals surface area contributed by atoms with E-state index in [-0.39, 0.29) is 0 Å². The molecule has 1 aliphatic rings. The van der Waals surface area contributed by atoms with Crippen molar-refractivity contribution in [2.75, 3.05) is 0 Å². The first-order valence-corrected chi connectivity index (χ1v) is 12.3. The Balaban J connectivity index is 1.52. The summed E-state index contributed by atoms with van der Waals surface area (Å²) in [7, 11) is 0. The topological polar surface area (TPSA) is 61.6 Å². The molecule has 0 radical (unpaired) electrons. The average Bonchev–Trinajstić information content (AvgIpc) is 2.95. The summed E-state index contributed by atoms with van der Waals surface area (Å²) in [6, 6.07) is 7.99. The lowest BCUT2D eigenvalue weighted by atomic mass is 10.0. The van der Waals surface area contributed by atoms with Crippen LogP contribution in [0.25, 0.3) is 0 Å². The van der Waals surface area contributed by atoms with E-state index in [1.54, 1.807) is 0 Å². The molecule has 0 aliphatic carbocycles. The Morgan fingerprint density at radius 3 is 1.57 bits per heavy atom. The second kappa shape index (κ2) is 14.6. The minimum Gasteiger partial charge on any atom is -0.365 e. The minimum atomic E-state index is -1.28. The van der Waals surface area contributed by atoms with Crippen molar-refractivity contribution in [2.45, 2.75) is 122 Å². The molecule has 4 nitrogen and oxygen atoms in total. The van der Waals surface area contributed by atoms with Crippen molar-refractivity contribution in [1.82, 2.24) is 0 Å². The number of hydrogen-bond donors (Lipinski definition) is 1. The van der Waals surface area contributed by atoms with Gasteiger partial charge in [-0.3, -0.25) is 4.79 Å². The standard InChI is InChI=1S/C26H43NO3/c1-2-3-4-5-6-7-8-9-10-11-12-13-14-17-20-26(25(27)28)29-21-23-18-15-16-19-24(23)22-30-26/h15-16,18-19H,2-14,17,20-22H2,1H3,(H2,27,28). The lowest BCUT2D eigenvalue weighted by molar-refractivity contribution is -0.237. The molecule has 2 rings (SSSR count). The predicted molar refractivity (Wildman–Crippen MR) is 123 cm³/mol. The van der Waals surface area contributed by atoms with Crippen LogP contribution < -0.4 is 5.73 Å². The van der Waals surface area contributed by atoms with Gasteiger partial charge in [0.15, 0.2) is 0 Å². The Morgan fingerprint density at radius 1 is 0.767 bits per heavy atom. The van der Waals surface area contributed by atoms with Crippen LogP contribution in [0.2, 0.25) is 0 Å². The molecular formula is C26H43NO3. The summed E-state index contributed by atoms with van der Waals surface area (Å²) in [5.74, 6) is -1.79. The van der Waals surface area contributed by atoms with Crippen LogP contribution in [0.4, 0.5) is 0 Å². The number of fused-ring (bicyclic) bond motifs is 1. The highest BCUT2D eigenvalue weighted by Crippen LogP contribution is 2.29. The van der Waals surface area contributed by atoms with Crippen LogP contribution in [0.1, 0.15) is 114 Å². The monoisotopic (exact) mass is 417 g/mol. The first-order chi connectivity index (χ1) is 14.7. The summed E-state index contributed by atoms with van der Waals surface area (Å²) >= 11 is 0. The molecule has 30 heavy (non-hydrogen) atoms. The van der Waals surface area contributed by atoms with Crippen molar-refractivity contribution in [2.24, 2.45) is 5.73 Å². The fourth-order valence-electron chi connectivity index (χ4n) is 4.23. The lowest BCUT2D eigenvalue weighted by Gasteiger charge is -2.28. The number of primary amides is 1. The van der Waals surface area contributed by atoms with Crippen LogP contribution in [0.3, 0.4) is 0 Å². The van der Waals surface area contributed by atoms with Gasteiger partial charge in [-0.2, -0.15) is 0 Å². The Hall–Kier alpha value is -1.39. The van der Waals surface area contributed by atoms with Crippen molar-refractivity contribution in [3.63, 3.8) is 0 Å². The van der Waals surface area contributed by atoms with Gasteiger partial charge in [0.25, 0.3) is 5.91 Å². The zero-order valence-corrected chi connectivity index (χ0v) is 19.1. The fraction of sp³-hybridized carbons (Fsp3) is 0.731. The Labute approximate surface area is 183 Å². The van der Waals surface area contributed by atoms with Gasteiger partial charge >= 0.3 is 0 Å². The van der Waals surface area contributed by atoms with Gasteiger partial charge in [0.2, 0.25) is 5.79 Å². The maximum Gasteiger partial charge on any atom is 0.277 e. The Kier molecular flexibility index (Phi) is 12.1. The molecule has 0 fully saturated rings. The van der Waals surface area contributed by atoms with Crippen molar-refractivity contribution in [1.29, 1.82) is 0 Å². The summed E-state index contributed by atoms with van der Waals surface area (Å²) < 4.78 is 11.8. The number of amides is 1. The molecule has 1 aromatic rings. The van der Waals surface area contributed by atoms with Crippen molar-refractivity contribution >= 4 is 5.91 Å². The second-order valence-corrected chi connectivity index (χ2v) is 8.81. The van der Waals surface area contributed by atoms with Gasteiger partial charge in [0, 0.05) is 6.42 Å². The summed E-state index contributed by atoms with van der Waals surface area (Å²) in [6.45, 7) is 3.02. The van der Waals surface area contributed by atoms with Gasteiger partial charge < -0.3 is 15.2 Å². The maximum absolute atomic E-state index is 12.1. The maximum atomic E-state index is 12.1. The molecule has 1 amide bonds. The number of nitrogens with two attached hydrogens (primary N) is 1. The summed E-state index contributed by atoms with van der Waals surface area (Å²) in [5, 5.41) is 0. The molecule has 0 saturated heterocycles. The normalized spacial score (nSPS) is 15.5. The van der Waals surface area contributed by atoms with E-state index in [0.717, 1.165) is 24.0 Å². The molecule has 1 aliphatic heterocycles. The van der Waals surface area contributed by atoms with Crippen molar-refractivity contribution in [3.05, 3.63) is 35.4 Å². The number of carbonyl (C=O) groups is 1. The minimum absolute atomic E-state index is 0.373. The van der Waals surface area contributed by atoms with Gasteiger partial charge in [0.05, 0.1) is 13.2 Å². The highest BCUT2D eigenvalue weighted by atomic mass is 16.7. The molecule has 0 aromatic heterocycles. The van der Waals surface area contributed by atoms with E-state index in [9.17, 15) is 4.79 Å². The average molecular weight is 418 g/mol. The number of hydrogen-bond acceptors (Lipinski definition) is 3. The third-order valence-electron chi connectivity index (χ3n) is 6.27. The van der Waals surface area contributed by atoms with E-state index in [1.807, 2.05) is 24.3 Å². The molecule has 4 heteroatoms. The first kappa shape index (κ1) is 24.9. The third kappa shape index (κ3) is 8.77. The van der Waals surface area contributed by atoms with Crippen LogP contribution in [0, 0.1) is 0 Å². The van der Waals surface area contributed by atoms with Crippen LogP contribution in [-0.4, -0.2) is 11.7 Å². The zero-order valence-electron chi connectivity index (χ0n) is 19.1. The molecule has 1 aromatic carbocycles. The fourth-order valence-corrected chi connectivity index (χ4v) is 4.23. The van der Waals surface area contributed by atoms with Crippen LogP contribution >= 0.6 is 0 Å². The number of benzene rings is 1. The van der Waals surface area contributed by atoms with Crippen molar-refractivity contribution < 1.29 is 14.3 Å². The van der Waals surface area contributed by atoms with E-state index < -0.39 is 11.7 Å². The van der Waals surface area contributed by atoms with E-state index in [4.69, 9.17) is 15.2 Å². The largest absolute Gasteiger partial charge is 0.365 e. The molecular weight excluding hydrogens is 374 g/mol. The smallest absolute Gasteiger partial charge is 0.277 e. The van der Waals surface area contributed by atoms with E-state index in [2.05, 4.69) is 6.92 Å². The number of carbonyl (C=O) groups excluding carboxylic acids is 1. The molecule has 0 spiro atoms. The highest BCUT2D eigenvalue weighted by Gasteiger charge is 2.40. The SMILES string of the molecule is CCCCCCCCCCCCCCCCC1(C(N)=O)OCc2ccccc2CO1. The quantitative estimate of drug-likeness (QED) is 0.301. The Bertz CT molecular complexity index is 575. The van der Waals surface area contributed by atoms with Gasteiger partial charge in [-0.25, -0.2) is 0 Å². The second-order valence-electron chi connectivity index (χ2n) is 8.81. The molecule has 1 heterocycles. The van der Waals surface area contributed by atoms with Gasteiger partial charge in [0.1, 0.15) is 0 Å². The molecule has 0 atom stereocenters. The lowest BCUT2D eigenvalue weighted by Crippen LogP contribution is -2.47. The number of ether oxygens (including phenoxy) is 2. The van der Waals surface area contributed by atoms with Crippen LogP contribution in [-0.2, 0) is 27.5 Å².